The molecule has 2 rings (SSSR count). The van der Waals surface area contributed by atoms with E-state index in [-0.39, 0.29) is 11.8 Å². The van der Waals surface area contributed by atoms with Crippen LogP contribution >= 0.6 is 0 Å². The van der Waals surface area contributed by atoms with Gasteiger partial charge < -0.3 is 24.7 Å². The molecule has 2 amide bonds. The van der Waals surface area contributed by atoms with Crippen molar-refractivity contribution < 1.29 is 14.7 Å². The lowest BCUT2D eigenvalue weighted by Gasteiger charge is -2.33. The Morgan fingerprint density at radius 2 is 1.14 bits per heavy atom. The van der Waals surface area contributed by atoms with Gasteiger partial charge in [-0.2, -0.15) is 0 Å². The summed E-state index contributed by atoms with van der Waals surface area (Å²) >= 11 is 0. The van der Waals surface area contributed by atoms with Gasteiger partial charge in [0.25, 0.3) is 5.91 Å². The molecule has 7 heteroatoms. The predicted molar refractivity (Wildman–Crippen MR) is 122 cm³/mol. The van der Waals surface area contributed by atoms with Crippen LogP contribution in [0.2, 0.25) is 0 Å². The maximum Gasteiger partial charge on any atom is 0.251 e. The minimum absolute atomic E-state index is 0.0973. The van der Waals surface area contributed by atoms with Gasteiger partial charge in [0.05, 0.1) is 0 Å². The van der Waals surface area contributed by atoms with Crippen molar-refractivity contribution in [2.24, 2.45) is 0 Å². The van der Waals surface area contributed by atoms with E-state index in [2.05, 4.69) is 16.8 Å². The van der Waals surface area contributed by atoms with Gasteiger partial charge in [0.1, 0.15) is 6.10 Å². The molecule has 2 heterocycles. The minimum Gasteiger partial charge on any atom is -0.383 e. The zero-order valence-electron chi connectivity index (χ0n) is 20.4. The van der Waals surface area contributed by atoms with E-state index in [0.717, 1.165) is 58.8 Å². The lowest BCUT2D eigenvalue weighted by Crippen LogP contribution is -2.50. The number of aliphatic hydroxyl groups excluding tert-OH is 1. The lowest BCUT2D eigenvalue weighted by atomic mass is 10.2. The van der Waals surface area contributed by atoms with Crippen molar-refractivity contribution in [3.8, 4) is 0 Å². The number of carbonyl (C=O) groups excluding carboxylic acids is 2. The molecular weight excluding hydrogens is 368 g/mol. The average molecular weight is 417 g/mol. The fourth-order valence-electron chi connectivity index (χ4n) is 2.91. The fourth-order valence-corrected chi connectivity index (χ4v) is 2.91. The molecule has 7 nitrogen and oxygen atoms in total. The number of nitrogens with zero attached hydrogens (tertiary/aromatic N) is 4. The van der Waals surface area contributed by atoms with Crippen molar-refractivity contribution in [1.82, 2.24) is 19.6 Å². The number of hydrogen-bond donors (Lipinski definition) is 1. The maximum atomic E-state index is 11.7. The number of carbonyl (C=O) groups is 2. The first-order valence-corrected chi connectivity index (χ1v) is 11.5. The molecule has 2 saturated heterocycles. The number of hydrogen-bond acceptors (Lipinski definition) is 5. The molecule has 2 fully saturated rings. The van der Waals surface area contributed by atoms with Gasteiger partial charge in [0, 0.05) is 58.8 Å². The Balaban J connectivity index is 0. The zero-order valence-corrected chi connectivity index (χ0v) is 20.4. The smallest absolute Gasteiger partial charge is 0.251 e. The van der Waals surface area contributed by atoms with Crippen molar-refractivity contribution in [2.45, 2.75) is 66.9 Å². The molecule has 1 N–H and O–H groups in total. The van der Waals surface area contributed by atoms with Crippen LogP contribution in [0.4, 0.5) is 0 Å². The third-order valence-corrected chi connectivity index (χ3v) is 4.82. The van der Waals surface area contributed by atoms with Gasteiger partial charge in [-0.25, -0.2) is 0 Å². The summed E-state index contributed by atoms with van der Waals surface area (Å²) in [6, 6.07) is 0. The fraction of sp³-hybridized carbons (Fsp3) is 0.909. The van der Waals surface area contributed by atoms with Gasteiger partial charge in [-0.05, 0) is 20.5 Å². The predicted octanol–water partition coefficient (Wildman–Crippen LogP) is 2.14. The molecular formula is C22H48N4O3. The van der Waals surface area contributed by atoms with E-state index in [4.69, 9.17) is 0 Å². The molecule has 1 unspecified atom stereocenters. The number of likely N-dealkylation sites (N-methyl/N-ethyl adjacent to an activating group) is 2. The van der Waals surface area contributed by atoms with E-state index in [1.165, 1.54) is 0 Å². The van der Waals surface area contributed by atoms with E-state index < -0.39 is 6.10 Å². The van der Waals surface area contributed by atoms with E-state index in [1.54, 1.807) is 4.90 Å². The Kier molecular flexibility index (Phi) is 19.5. The highest BCUT2D eigenvalue weighted by atomic mass is 16.3. The van der Waals surface area contributed by atoms with Crippen LogP contribution in [-0.4, -0.2) is 109 Å². The second-order valence-electron chi connectivity index (χ2n) is 6.97. The first kappa shape index (κ1) is 30.0. The van der Waals surface area contributed by atoms with Crippen molar-refractivity contribution in [3.63, 3.8) is 0 Å². The molecule has 0 aromatic heterocycles. The molecule has 0 aromatic rings. The third kappa shape index (κ3) is 12.9. The molecule has 0 radical (unpaired) electrons. The van der Waals surface area contributed by atoms with E-state index in [0.29, 0.717) is 12.8 Å². The Morgan fingerprint density at radius 3 is 1.48 bits per heavy atom. The van der Waals surface area contributed by atoms with Crippen LogP contribution in [0.1, 0.15) is 60.8 Å². The standard InChI is InChI=1S/C10H20N2O2.C8H16N2O.2C2H6/c1-3-4-9(13)10(14)12-7-5-11(2)6-8-12;1-3-8(11)10-6-4-9(2)5-7-10;2*1-2/h9,13H,3-8H2,1-2H3;3-7H2,1-2H3;2*1-2H3. The number of aliphatic hydroxyl groups is 1. The summed E-state index contributed by atoms with van der Waals surface area (Å²) < 4.78 is 0. The summed E-state index contributed by atoms with van der Waals surface area (Å²) in [5, 5.41) is 9.53. The number of amides is 2. The second-order valence-corrected chi connectivity index (χ2v) is 6.97. The van der Waals surface area contributed by atoms with Crippen molar-refractivity contribution in [2.75, 3.05) is 66.5 Å². The van der Waals surface area contributed by atoms with Crippen molar-refractivity contribution in [3.05, 3.63) is 0 Å². The summed E-state index contributed by atoms with van der Waals surface area (Å²) in [6.45, 7) is 19.0. The first-order chi connectivity index (χ1) is 13.9. The first-order valence-electron chi connectivity index (χ1n) is 11.5. The van der Waals surface area contributed by atoms with Crippen LogP contribution in [0.3, 0.4) is 0 Å². The van der Waals surface area contributed by atoms with Gasteiger partial charge in [-0.1, -0.05) is 48.0 Å². The molecule has 2 aliphatic rings. The molecule has 0 bridgehead atoms. The molecule has 174 valence electrons. The normalized spacial score (nSPS) is 18.2. The van der Waals surface area contributed by atoms with Crippen LogP contribution in [0, 0.1) is 0 Å². The highest BCUT2D eigenvalue weighted by Gasteiger charge is 2.24. The number of rotatable bonds is 4. The third-order valence-electron chi connectivity index (χ3n) is 4.82. The van der Waals surface area contributed by atoms with Crippen LogP contribution in [0.25, 0.3) is 0 Å². The van der Waals surface area contributed by atoms with Gasteiger partial charge >= 0.3 is 0 Å². The van der Waals surface area contributed by atoms with Crippen molar-refractivity contribution >= 4 is 11.8 Å². The maximum absolute atomic E-state index is 11.7. The molecule has 0 aliphatic carbocycles. The monoisotopic (exact) mass is 416 g/mol. The second kappa shape index (κ2) is 18.8. The summed E-state index contributed by atoms with van der Waals surface area (Å²) in [7, 11) is 4.14. The molecule has 29 heavy (non-hydrogen) atoms. The Bertz CT molecular complexity index is 405. The summed E-state index contributed by atoms with van der Waals surface area (Å²) in [5.74, 6) is 0.193. The Morgan fingerprint density at radius 1 is 0.759 bits per heavy atom. The van der Waals surface area contributed by atoms with Gasteiger partial charge in [-0.3, -0.25) is 9.59 Å². The highest BCUT2D eigenvalue weighted by molar-refractivity contribution is 5.80. The summed E-state index contributed by atoms with van der Waals surface area (Å²) in [4.78, 5) is 31.0. The largest absolute Gasteiger partial charge is 0.383 e. The average Bonchev–Trinajstić information content (AvgIpc) is 2.77. The highest BCUT2D eigenvalue weighted by Crippen LogP contribution is 2.05. The molecule has 0 aromatic carbocycles. The quantitative estimate of drug-likeness (QED) is 0.761. The SMILES string of the molecule is CC.CC.CCC(=O)N1CCN(C)CC1.CCCC(O)C(=O)N1CCN(C)CC1. The molecule has 0 saturated carbocycles. The molecule has 1 atom stereocenters. The van der Waals surface area contributed by atoms with Crippen LogP contribution in [0.5, 0.6) is 0 Å². The van der Waals surface area contributed by atoms with E-state index in [1.807, 2.05) is 53.5 Å². The van der Waals surface area contributed by atoms with Crippen LogP contribution in [0.15, 0.2) is 0 Å². The minimum atomic E-state index is -0.789. The van der Waals surface area contributed by atoms with E-state index >= 15 is 0 Å². The van der Waals surface area contributed by atoms with Gasteiger partial charge in [0.15, 0.2) is 0 Å². The molecule has 0 spiro atoms. The Labute approximate surface area is 180 Å². The number of piperazine rings is 2. The van der Waals surface area contributed by atoms with Crippen LogP contribution < -0.4 is 0 Å². The zero-order chi connectivity index (χ0) is 22.8. The molecule has 2 aliphatic heterocycles. The van der Waals surface area contributed by atoms with Crippen molar-refractivity contribution in [1.29, 1.82) is 0 Å². The van der Waals surface area contributed by atoms with E-state index in [9.17, 15) is 14.7 Å². The summed E-state index contributed by atoms with van der Waals surface area (Å²) in [5.41, 5.74) is 0. The Hall–Kier alpha value is -1.18. The topological polar surface area (TPSA) is 67.3 Å². The van der Waals surface area contributed by atoms with Crippen LogP contribution in [-0.2, 0) is 9.59 Å². The lowest BCUT2D eigenvalue weighted by molar-refractivity contribution is -0.142. The van der Waals surface area contributed by atoms with Gasteiger partial charge in [-0.15, -0.1) is 0 Å². The van der Waals surface area contributed by atoms with Gasteiger partial charge in [0.2, 0.25) is 5.91 Å². The summed E-state index contributed by atoms with van der Waals surface area (Å²) in [6.07, 6.45) is 1.28.